The predicted molar refractivity (Wildman–Crippen MR) is 141 cm³/mol. The van der Waals surface area contributed by atoms with Gasteiger partial charge in [-0.25, -0.2) is 4.79 Å². The first kappa shape index (κ1) is 25.8. The summed E-state index contributed by atoms with van der Waals surface area (Å²) < 4.78 is 27.7. The molecule has 0 aliphatic carbocycles. The summed E-state index contributed by atoms with van der Waals surface area (Å²) in [5, 5.41) is 7.66. The number of ether oxygens (including phenoxy) is 3. The van der Waals surface area contributed by atoms with E-state index in [4.69, 9.17) is 34.8 Å². The minimum atomic E-state index is -0.711. The van der Waals surface area contributed by atoms with E-state index in [1.807, 2.05) is 0 Å². The number of halogens is 1. The highest BCUT2D eigenvalue weighted by atomic mass is 35.5. The van der Waals surface area contributed by atoms with Gasteiger partial charge in [-0.15, -0.1) is 0 Å². The quantitative estimate of drug-likeness (QED) is 0.325. The molecule has 0 saturated carbocycles. The molecule has 3 heterocycles. The Labute approximate surface area is 223 Å². The van der Waals surface area contributed by atoms with Crippen LogP contribution in [0.1, 0.15) is 16.1 Å². The van der Waals surface area contributed by atoms with Crippen molar-refractivity contribution >= 4 is 34.2 Å². The number of morpholine rings is 1. The highest BCUT2D eigenvalue weighted by molar-refractivity contribution is 6.30. The molecule has 0 bridgehead atoms. The van der Waals surface area contributed by atoms with Crippen LogP contribution in [0.2, 0.25) is 5.02 Å². The van der Waals surface area contributed by atoms with E-state index in [0.717, 1.165) is 19.6 Å². The molecule has 198 valence electrons. The molecule has 1 fully saturated rings. The van der Waals surface area contributed by atoms with E-state index < -0.39 is 11.5 Å². The number of carbonyl (C=O) groups excluding carboxylic acids is 1. The van der Waals surface area contributed by atoms with Crippen LogP contribution >= 0.6 is 11.6 Å². The monoisotopic (exact) mass is 539 g/mol. The number of hydrogen-bond donors (Lipinski definition) is 1. The molecule has 4 aromatic rings. The molecule has 2 aromatic carbocycles. The zero-order valence-corrected chi connectivity index (χ0v) is 21.7. The van der Waals surface area contributed by atoms with Crippen molar-refractivity contribution in [3.8, 4) is 22.8 Å². The van der Waals surface area contributed by atoms with Gasteiger partial charge in [-0.3, -0.25) is 9.69 Å². The van der Waals surface area contributed by atoms with Gasteiger partial charge in [-0.2, -0.15) is 0 Å². The normalized spacial score (nSPS) is 14.0. The molecule has 0 radical (unpaired) electrons. The molecule has 1 aliphatic heterocycles. The van der Waals surface area contributed by atoms with Crippen molar-refractivity contribution in [1.29, 1.82) is 0 Å². The number of amides is 1. The predicted octanol–water partition coefficient (Wildman–Crippen LogP) is 4.38. The molecular formula is C27H26ClN3O7. The summed E-state index contributed by atoms with van der Waals surface area (Å²) in [7, 11) is 1.53. The number of rotatable bonds is 8. The largest absolute Gasteiger partial charge is 0.493 e. The maximum Gasteiger partial charge on any atom is 0.360 e. The second-order valence-corrected chi connectivity index (χ2v) is 9.16. The number of nitrogens with zero attached hydrogens (tertiary/aromatic N) is 2. The SMILES string of the molecule is COc1cc2cc(NC(=O)c3c(C)noc3-c3ccc(Cl)cc3)c(=O)oc2cc1OCCN1CCOCC1. The van der Waals surface area contributed by atoms with Crippen LogP contribution in [0.25, 0.3) is 22.3 Å². The number of hydrogen-bond acceptors (Lipinski definition) is 9. The third-order valence-corrected chi connectivity index (χ3v) is 6.48. The van der Waals surface area contributed by atoms with Crippen LogP contribution in [0.4, 0.5) is 5.69 Å². The maximum atomic E-state index is 13.2. The van der Waals surface area contributed by atoms with Gasteiger partial charge in [-0.05, 0) is 43.3 Å². The van der Waals surface area contributed by atoms with E-state index in [-0.39, 0.29) is 17.0 Å². The molecule has 5 rings (SSSR count). The highest BCUT2D eigenvalue weighted by Gasteiger charge is 2.23. The molecule has 0 atom stereocenters. The minimum absolute atomic E-state index is 0.0341. The number of methoxy groups -OCH3 is 1. The lowest BCUT2D eigenvalue weighted by Gasteiger charge is -2.26. The van der Waals surface area contributed by atoms with Gasteiger partial charge in [0.1, 0.15) is 23.4 Å². The third kappa shape index (κ3) is 5.52. The Morgan fingerprint density at radius 1 is 1.13 bits per heavy atom. The second-order valence-electron chi connectivity index (χ2n) is 8.72. The van der Waals surface area contributed by atoms with Crippen LogP contribution in [-0.2, 0) is 4.74 Å². The molecule has 38 heavy (non-hydrogen) atoms. The van der Waals surface area contributed by atoms with Crippen LogP contribution < -0.4 is 20.4 Å². The molecule has 1 saturated heterocycles. The zero-order valence-electron chi connectivity index (χ0n) is 20.9. The molecule has 10 nitrogen and oxygen atoms in total. The van der Waals surface area contributed by atoms with Gasteiger partial charge >= 0.3 is 5.63 Å². The highest BCUT2D eigenvalue weighted by Crippen LogP contribution is 2.33. The zero-order chi connectivity index (χ0) is 26.6. The second kappa shape index (κ2) is 11.3. The van der Waals surface area contributed by atoms with Gasteiger partial charge in [-0.1, -0.05) is 16.8 Å². The van der Waals surface area contributed by atoms with Crippen LogP contribution in [0, 0.1) is 6.92 Å². The van der Waals surface area contributed by atoms with Crippen molar-refractivity contribution in [2.24, 2.45) is 0 Å². The number of anilines is 1. The molecule has 11 heteroatoms. The topological polar surface area (TPSA) is 116 Å². The van der Waals surface area contributed by atoms with Gasteiger partial charge < -0.3 is 28.5 Å². The number of carbonyl (C=O) groups is 1. The first-order chi connectivity index (χ1) is 18.4. The average molecular weight is 540 g/mol. The number of fused-ring (bicyclic) bond motifs is 1. The Morgan fingerprint density at radius 2 is 1.89 bits per heavy atom. The lowest BCUT2D eigenvalue weighted by molar-refractivity contribution is 0.0321. The molecule has 1 N–H and O–H groups in total. The van der Waals surface area contributed by atoms with Crippen LogP contribution in [-0.4, -0.2) is 62.5 Å². The van der Waals surface area contributed by atoms with Gasteiger partial charge in [0.15, 0.2) is 17.3 Å². The van der Waals surface area contributed by atoms with Gasteiger partial charge in [0, 0.05) is 41.7 Å². The molecule has 2 aromatic heterocycles. The fraction of sp³-hybridized carbons (Fsp3) is 0.296. The van der Waals surface area contributed by atoms with E-state index in [1.54, 1.807) is 43.3 Å². The fourth-order valence-electron chi connectivity index (χ4n) is 4.22. The first-order valence-corrected chi connectivity index (χ1v) is 12.4. The lowest BCUT2D eigenvalue weighted by Crippen LogP contribution is -2.38. The first-order valence-electron chi connectivity index (χ1n) is 12.1. The van der Waals surface area contributed by atoms with Crippen molar-refractivity contribution in [3.05, 3.63) is 69.2 Å². The summed E-state index contributed by atoms with van der Waals surface area (Å²) in [6.07, 6.45) is 0. The molecule has 0 unspecified atom stereocenters. The van der Waals surface area contributed by atoms with E-state index in [9.17, 15) is 9.59 Å². The van der Waals surface area contributed by atoms with E-state index >= 15 is 0 Å². The Hall–Kier alpha value is -3.86. The van der Waals surface area contributed by atoms with Gasteiger partial charge in [0.05, 0.1) is 26.0 Å². The summed E-state index contributed by atoms with van der Waals surface area (Å²) in [5.41, 5.74) is 0.756. The summed E-state index contributed by atoms with van der Waals surface area (Å²) in [6.45, 7) is 5.96. The van der Waals surface area contributed by atoms with Crippen LogP contribution in [0.3, 0.4) is 0 Å². The standard InChI is InChI=1S/C27H26ClN3O7/c1-16-24(25(38-30-16)17-3-5-19(28)6-4-17)26(32)29-20-13-18-14-22(34-2)23(15-21(18)37-27(20)33)36-12-9-31-7-10-35-11-8-31/h3-6,13-15H,7-12H2,1-2H3,(H,29,32). The summed E-state index contributed by atoms with van der Waals surface area (Å²) >= 11 is 5.97. The molecule has 1 aliphatic rings. The number of aromatic nitrogens is 1. The number of aryl methyl sites for hydroxylation is 1. The Bertz CT molecular complexity index is 1510. The van der Waals surface area contributed by atoms with Crippen molar-refractivity contribution in [1.82, 2.24) is 10.1 Å². The van der Waals surface area contributed by atoms with Crippen molar-refractivity contribution in [2.45, 2.75) is 6.92 Å². The molecule has 1 amide bonds. The summed E-state index contributed by atoms with van der Waals surface area (Å²) in [4.78, 5) is 28.2. The van der Waals surface area contributed by atoms with Crippen LogP contribution in [0.15, 0.2) is 56.2 Å². The van der Waals surface area contributed by atoms with Crippen LogP contribution in [0.5, 0.6) is 11.5 Å². The third-order valence-electron chi connectivity index (χ3n) is 6.23. The Kier molecular flexibility index (Phi) is 7.64. The van der Waals surface area contributed by atoms with E-state index in [1.165, 1.54) is 13.2 Å². The van der Waals surface area contributed by atoms with E-state index in [0.29, 0.717) is 58.6 Å². The maximum absolute atomic E-state index is 13.2. The molecule has 0 spiro atoms. The average Bonchev–Trinajstić information content (AvgIpc) is 3.31. The molecular weight excluding hydrogens is 514 g/mol. The van der Waals surface area contributed by atoms with Crippen molar-refractivity contribution in [3.63, 3.8) is 0 Å². The number of benzene rings is 2. The Balaban J connectivity index is 1.37. The summed E-state index contributed by atoms with van der Waals surface area (Å²) in [5.74, 6) is 0.643. The lowest BCUT2D eigenvalue weighted by atomic mass is 10.1. The van der Waals surface area contributed by atoms with Gasteiger partial charge in [0.25, 0.3) is 5.91 Å². The smallest absolute Gasteiger partial charge is 0.360 e. The summed E-state index contributed by atoms with van der Waals surface area (Å²) in [6, 6.07) is 11.6. The van der Waals surface area contributed by atoms with E-state index in [2.05, 4.69) is 15.4 Å². The Morgan fingerprint density at radius 3 is 2.63 bits per heavy atom. The number of nitrogens with one attached hydrogen (secondary N) is 1. The minimum Gasteiger partial charge on any atom is -0.493 e. The van der Waals surface area contributed by atoms with Gasteiger partial charge in [0.2, 0.25) is 0 Å². The van der Waals surface area contributed by atoms with Crippen molar-refractivity contribution in [2.75, 3.05) is 51.9 Å². The van der Waals surface area contributed by atoms with Crippen molar-refractivity contribution < 1.29 is 27.9 Å². The fourth-order valence-corrected chi connectivity index (χ4v) is 4.34.